The van der Waals surface area contributed by atoms with E-state index in [0.29, 0.717) is 9.92 Å². The Bertz CT molecular complexity index is 557. The van der Waals surface area contributed by atoms with Crippen molar-refractivity contribution in [2.75, 3.05) is 0 Å². The van der Waals surface area contributed by atoms with E-state index in [1.807, 2.05) is 0 Å². The topological polar surface area (TPSA) is 106 Å². The van der Waals surface area contributed by atoms with Crippen LogP contribution in [0, 0.1) is 10.1 Å². The first-order valence-electron chi connectivity index (χ1n) is 5.04. The number of aromatic nitrogens is 2. The number of hydrogen-bond donors (Lipinski definition) is 1. The molecule has 2 aromatic rings. The monoisotopic (exact) mass is 277 g/mol. The third-order valence-electron chi connectivity index (χ3n) is 2.11. The molecule has 0 saturated heterocycles. The van der Waals surface area contributed by atoms with Crippen molar-refractivity contribution >= 4 is 23.5 Å². The van der Waals surface area contributed by atoms with Crippen molar-refractivity contribution in [3.63, 3.8) is 0 Å². The molecule has 0 aliphatic rings. The van der Waals surface area contributed by atoms with Crippen molar-refractivity contribution < 1.29 is 14.8 Å². The minimum atomic E-state index is -1.04. The first kappa shape index (κ1) is 13.0. The summed E-state index contributed by atoms with van der Waals surface area (Å²) in [5.74, 6) is -1.26. The van der Waals surface area contributed by atoms with E-state index in [4.69, 9.17) is 5.11 Å². The predicted molar refractivity (Wildman–Crippen MR) is 66.2 cm³/mol. The first-order chi connectivity index (χ1) is 9.06. The zero-order valence-corrected chi connectivity index (χ0v) is 10.2. The van der Waals surface area contributed by atoms with E-state index in [2.05, 4.69) is 9.97 Å². The molecule has 0 unspecified atom stereocenters. The summed E-state index contributed by atoms with van der Waals surface area (Å²) < 4.78 is 0. The molecule has 0 bridgehead atoms. The number of carboxylic acid groups (broad SMARTS) is 1. The van der Waals surface area contributed by atoms with Gasteiger partial charge < -0.3 is 15.2 Å². The molecule has 0 aliphatic heterocycles. The van der Waals surface area contributed by atoms with E-state index in [1.165, 1.54) is 36.3 Å². The van der Waals surface area contributed by atoms with E-state index in [1.54, 1.807) is 12.1 Å². The fourth-order valence-corrected chi connectivity index (χ4v) is 1.95. The number of pyridine rings is 2. The van der Waals surface area contributed by atoms with Gasteiger partial charge in [-0.1, -0.05) is 11.8 Å². The molecule has 0 fully saturated rings. The van der Waals surface area contributed by atoms with Gasteiger partial charge >= 0.3 is 11.8 Å². The number of rotatable bonds is 4. The van der Waals surface area contributed by atoms with Gasteiger partial charge in [-0.3, -0.25) is 0 Å². The molecule has 0 amide bonds. The third-order valence-corrected chi connectivity index (χ3v) is 3.04. The Hall–Kier alpha value is -2.48. The average Bonchev–Trinajstić information content (AvgIpc) is 2.40. The summed E-state index contributed by atoms with van der Waals surface area (Å²) in [6.45, 7) is 0. The predicted octanol–water partition coefficient (Wildman–Crippen LogP) is 2.23. The summed E-state index contributed by atoms with van der Waals surface area (Å²) in [6, 6.07) is 5.86. The van der Waals surface area contributed by atoms with Gasteiger partial charge in [0.05, 0.1) is 10.5 Å². The maximum Gasteiger partial charge on any atom is 0.363 e. The molecule has 0 radical (unpaired) electrons. The Labute approximate surface area is 111 Å². The van der Waals surface area contributed by atoms with Crippen LogP contribution in [-0.2, 0) is 0 Å². The molecule has 8 heteroatoms. The minimum Gasteiger partial charge on any atom is -0.478 e. The summed E-state index contributed by atoms with van der Waals surface area (Å²) >= 11 is 1.24. The largest absolute Gasteiger partial charge is 0.478 e. The van der Waals surface area contributed by atoms with E-state index in [9.17, 15) is 14.9 Å². The van der Waals surface area contributed by atoms with Crippen LogP contribution in [0.25, 0.3) is 0 Å². The van der Waals surface area contributed by atoms with Crippen LogP contribution in [0.4, 0.5) is 5.82 Å². The van der Waals surface area contributed by atoms with Gasteiger partial charge in [0.1, 0.15) is 5.03 Å². The second-order valence-electron chi connectivity index (χ2n) is 3.40. The van der Waals surface area contributed by atoms with Crippen LogP contribution in [0.1, 0.15) is 10.4 Å². The van der Waals surface area contributed by atoms with Gasteiger partial charge in [0.15, 0.2) is 6.20 Å². The number of nitro groups is 1. The highest BCUT2D eigenvalue weighted by molar-refractivity contribution is 7.99. The lowest BCUT2D eigenvalue weighted by atomic mass is 10.3. The van der Waals surface area contributed by atoms with E-state index < -0.39 is 10.9 Å². The van der Waals surface area contributed by atoms with Gasteiger partial charge in [0.25, 0.3) is 0 Å². The molecule has 0 saturated carbocycles. The molecule has 1 N–H and O–H groups in total. The van der Waals surface area contributed by atoms with Crippen molar-refractivity contribution in [1.29, 1.82) is 0 Å². The molecular weight excluding hydrogens is 270 g/mol. The van der Waals surface area contributed by atoms with Crippen LogP contribution in [0.5, 0.6) is 0 Å². The van der Waals surface area contributed by atoms with Crippen molar-refractivity contribution in [3.05, 3.63) is 52.3 Å². The molecule has 0 atom stereocenters. The van der Waals surface area contributed by atoms with E-state index >= 15 is 0 Å². The Morgan fingerprint density at radius 1 is 1.21 bits per heavy atom. The number of aromatic carboxylic acids is 1. The zero-order valence-electron chi connectivity index (χ0n) is 9.39. The molecule has 0 spiro atoms. The lowest BCUT2D eigenvalue weighted by Gasteiger charge is -1.99. The number of nitrogens with zero attached hydrogens (tertiary/aromatic N) is 3. The van der Waals surface area contributed by atoms with Gasteiger partial charge in [-0.25, -0.2) is 9.78 Å². The third kappa shape index (κ3) is 3.26. The van der Waals surface area contributed by atoms with Gasteiger partial charge in [-0.05, 0) is 28.1 Å². The smallest absolute Gasteiger partial charge is 0.363 e. The number of carboxylic acids is 1. The summed E-state index contributed by atoms with van der Waals surface area (Å²) in [6.07, 6.45) is 2.62. The average molecular weight is 277 g/mol. The van der Waals surface area contributed by atoms with E-state index in [0.717, 1.165) is 0 Å². The van der Waals surface area contributed by atoms with E-state index in [-0.39, 0.29) is 11.4 Å². The van der Waals surface area contributed by atoms with Crippen LogP contribution in [0.3, 0.4) is 0 Å². The molecule has 0 aliphatic carbocycles. The van der Waals surface area contributed by atoms with Gasteiger partial charge in [0.2, 0.25) is 0 Å². The van der Waals surface area contributed by atoms with Crippen LogP contribution in [0.15, 0.2) is 46.6 Å². The van der Waals surface area contributed by atoms with Crippen molar-refractivity contribution in [1.82, 2.24) is 9.97 Å². The normalized spacial score (nSPS) is 10.1. The molecule has 2 rings (SSSR count). The Balaban J connectivity index is 2.12. The molecule has 19 heavy (non-hydrogen) atoms. The maximum atomic E-state index is 10.7. The molecule has 96 valence electrons. The summed E-state index contributed by atoms with van der Waals surface area (Å²) in [5, 5.41) is 19.8. The molecule has 2 heterocycles. The fourth-order valence-electron chi connectivity index (χ4n) is 1.23. The highest BCUT2D eigenvalue weighted by Gasteiger charge is 2.08. The Morgan fingerprint density at radius 2 is 2.00 bits per heavy atom. The van der Waals surface area contributed by atoms with Crippen LogP contribution in [-0.4, -0.2) is 26.0 Å². The fraction of sp³-hybridized carbons (Fsp3) is 0. The quantitative estimate of drug-likeness (QED) is 0.674. The number of hydrogen-bond acceptors (Lipinski definition) is 6. The van der Waals surface area contributed by atoms with Crippen LogP contribution >= 0.6 is 11.8 Å². The first-order valence-corrected chi connectivity index (χ1v) is 5.85. The van der Waals surface area contributed by atoms with Crippen LogP contribution < -0.4 is 0 Å². The second kappa shape index (κ2) is 5.44. The zero-order chi connectivity index (χ0) is 13.8. The highest BCUT2D eigenvalue weighted by atomic mass is 32.2. The lowest BCUT2D eigenvalue weighted by Crippen LogP contribution is -1.96. The van der Waals surface area contributed by atoms with Gasteiger partial charge in [0, 0.05) is 12.3 Å². The molecule has 7 nitrogen and oxygen atoms in total. The lowest BCUT2D eigenvalue weighted by molar-refractivity contribution is -0.389. The Morgan fingerprint density at radius 3 is 2.47 bits per heavy atom. The molecule has 2 aromatic heterocycles. The van der Waals surface area contributed by atoms with Gasteiger partial charge in [-0.2, -0.15) is 0 Å². The van der Waals surface area contributed by atoms with Gasteiger partial charge in [-0.15, -0.1) is 0 Å². The van der Waals surface area contributed by atoms with Crippen molar-refractivity contribution in [2.24, 2.45) is 0 Å². The standard InChI is InChI=1S/C11H7N3O4S/c15-11(16)7-1-4-10(13-5-7)19-8-2-3-9(12-6-8)14(17)18/h1-6H,(H,15,16). The second-order valence-corrected chi connectivity index (χ2v) is 4.50. The van der Waals surface area contributed by atoms with Crippen molar-refractivity contribution in [2.45, 2.75) is 9.92 Å². The summed E-state index contributed by atoms with van der Waals surface area (Å²) in [4.78, 5) is 28.8. The van der Waals surface area contributed by atoms with Crippen LogP contribution in [0.2, 0.25) is 0 Å². The Kier molecular flexibility index (Phi) is 3.71. The highest BCUT2D eigenvalue weighted by Crippen LogP contribution is 2.26. The minimum absolute atomic E-state index is 0.103. The SMILES string of the molecule is O=C(O)c1ccc(Sc2ccc([N+](=O)[O-])nc2)nc1. The summed E-state index contributed by atoms with van der Waals surface area (Å²) in [5.41, 5.74) is 0.103. The molecular formula is C11H7N3O4S. The summed E-state index contributed by atoms with van der Waals surface area (Å²) in [7, 11) is 0. The van der Waals surface area contributed by atoms with Crippen molar-refractivity contribution in [3.8, 4) is 0 Å². The maximum absolute atomic E-state index is 10.7. The molecule has 0 aromatic carbocycles. The number of carbonyl (C=O) groups is 1.